The van der Waals surface area contributed by atoms with Crippen molar-refractivity contribution in [3.8, 4) is 0 Å². The molecule has 8 nitrogen and oxygen atoms in total. The molecule has 1 aliphatic rings. The molecule has 0 spiro atoms. The first kappa shape index (κ1) is 16.9. The summed E-state index contributed by atoms with van der Waals surface area (Å²) in [5.41, 5.74) is 2.30. The van der Waals surface area contributed by atoms with Crippen molar-refractivity contribution in [2.24, 2.45) is 0 Å². The SMILES string of the molecule is Cc1ccc(Cn2nc(Cn3cncn3)nc2C2CCS(=O)(=O)C2)cc1. The Kier molecular flexibility index (Phi) is 4.31. The molecule has 1 aliphatic heterocycles. The topological polar surface area (TPSA) is 95.6 Å². The first-order valence-electron chi connectivity index (χ1n) is 8.50. The Labute approximate surface area is 151 Å². The lowest BCUT2D eigenvalue weighted by molar-refractivity contribution is 0.580. The molecule has 4 rings (SSSR count). The fraction of sp³-hybridized carbons (Fsp3) is 0.412. The molecule has 0 bridgehead atoms. The van der Waals surface area contributed by atoms with E-state index in [-0.39, 0.29) is 17.4 Å². The van der Waals surface area contributed by atoms with E-state index in [0.717, 1.165) is 11.4 Å². The highest BCUT2D eigenvalue weighted by Gasteiger charge is 2.33. The van der Waals surface area contributed by atoms with Crippen LogP contribution in [0.2, 0.25) is 0 Å². The molecule has 9 heteroatoms. The highest BCUT2D eigenvalue weighted by molar-refractivity contribution is 7.91. The summed E-state index contributed by atoms with van der Waals surface area (Å²) in [5, 5.41) is 8.70. The van der Waals surface area contributed by atoms with Crippen LogP contribution in [-0.4, -0.2) is 49.5 Å². The van der Waals surface area contributed by atoms with Crippen LogP contribution in [0.3, 0.4) is 0 Å². The molecule has 0 saturated carbocycles. The van der Waals surface area contributed by atoms with Gasteiger partial charge in [0.2, 0.25) is 0 Å². The lowest BCUT2D eigenvalue weighted by Gasteiger charge is -2.10. The summed E-state index contributed by atoms with van der Waals surface area (Å²) in [4.78, 5) is 8.58. The molecule has 3 aromatic rings. The maximum atomic E-state index is 11.9. The maximum Gasteiger partial charge on any atom is 0.172 e. The third-order valence-corrected chi connectivity index (χ3v) is 6.33. The number of rotatable bonds is 5. The molecule has 1 fully saturated rings. The van der Waals surface area contributed by atoms with Gasteiger partial charge in [0, 0.05) is 5.92 Å². The van der Waals surface area contributed by atoms with Gasteiger partial charge in [0.05, 0.1) is 18.1 Å². The smallest absolute Gasteiger partial charge is 0.172 e. The Balaban J connectivity index is 1.65. The van der Waals surface area contributed by atoms with Crippen molar-refractivity contribution in [2.45, 2.75) is 32.4 Å². The second kappa shape index (κ2) is 6.64. The van der Waals surface area contributed by atoms with Crippen molar-refractivity contribution in [1.82, 2.24) is 29.5 Å². The maximum absolute atomic E-state index is 11.9. The lowest BCUT2D eigenvalue weighted by atomic mass is 10.1. The van der Waals surface area contributed by atoms with Crippen LogP contribution in [-0.2, 0) is 22.9 Å². The van der Waals surface area contributed by atoms with Gasteiger partial charge in [-0.1, -0.05) is 29.8 Å². The second-order valence-electron chi connectivity index (χ2n) is 6.72. The van der Waals surface area contributed by atoms with Crippen LogP contribution < -0.4 is 0 Å². The molecule has 0 aliphatic carbocycles. The predicted molar refractivity (Wildman–Crippen MR) is 95.4 cm³/mol. The monoisotopic (exact) mass is 372 g/mol. The van der Waals surface area contributed by atoms with Gasteiger partial charge >= 0.3 is 0 Å². The fourth-order valence-electron chi connectivity index (χ4n) is 3.21. The van der Waals surface area contributed by atoms with E-state index in [0.29, 0.717) is 25.3 Å². The molecule has 0 N–H and O–H groups in total. The van der Waals surface area contributed by atoms with Crippen LogP contribution in [0.4, 0.5) is 0 Å². The van der Waals surface area contributed by atoms with Crippen molar-refractivity contribution in [3.05, 3.63) is 59.7 Å². The molecule has 136 valence electrons. The first-order chi connectivity index (χ1) is 12.5. The number of sulfone groups is 1. The quantitative estimate of drug-likeness (QED) is 0.667. The molecule has 3 heterocycles. The van der Waals surface area contributed by atoms with E-state index in [1.165, 1.54) is 11.9 Å². The molecule has 1 saturated heterocycles. The van der Waals surface area contributed by atoms with Crippen LogP contribution in [0.15, 0.2) is 36.9 Å². The average Bonchev–Trinajstić information content (AvgIpc) is 3.31. The van der Waals surface area contributed by atoms with Gasteiger partial charge in [0.1, 0.15) is 25.0 Å². The summed E-state index contributed by atoms with van der Waals surface area (Å²) in [6, 6.07) is 8.23. The number of hydrogen-bond donors (Lipinski definition) is 0. The Hall–Kier alpha value is -2.55. The normalized spacial score (nSPS) is 19.0. The summed E-state index contributed by atoms with van der Waals surface area (Å²) in [6.07, 6.45) is 3.67. The molecule has 0 amide bonds. The predicted octanol–water partition coefficient (Wildman–Crippen LogP) is 1.18. The summed E-state index contributed by atoms with van der Waals surface area (Å²) in [6.45, 7) is 3.02. The number of hydrogen-bond acceptors (Lipinski definition) is 6. The Bertz CT molecular complexity index is 993. The van der Waals surface area contributed by atoms with Crippen LogP contribution in [0, 0.1) is 6.92 Å². The van der Waals surface area contributed by atoms with Crippen LogP contribution in [0.5, 0.6) is 0 Å². The number of aryl methyl sites for hydroxylation is 1. The van der Waals surface area contributed by atoms with Gasteiger partial charge in [-0.2, -0.15) is 10.2 Å². The summed E-state index contributed by atoms with van der Waals surface area (Å²) >= 11 is 0. The highest BCUT2D eigenvalue weighted by atomic mass is 32.2. The van der Waals surface area contributed by atoms with Gasteiger partial charge < -0.3 is 0 Å². The number of nitrogens with zero attached hydrogens (tertiary/aromatic N) is 6. The molecule has 26 heavy (non-hydrogen) atoms. The van der Waals surface area contributed by atoms with Crippen molar-refractivity contribution in [1.29, 1.82) is 0 Å². The minimum atomic E-state index is -2.99. The van der Waals surface area contributed by atoms with E-state index in [2.05, 4.69) is 44.4 Å². The zero-order valence-corrected chi connectivity index (χ0v) is 15.3. The minimum absolute atomic E-state index is 0.109. The standard InChI is InChI=1S/C17H20N6O2S/c1-13-2-4-14(5-3-13)8-23-17(15-6-7-26(24,25)10-15)20-16(21-23)9-22-12-18-11-19-22/h2-5,11-12,15H,6-10H2,1H3. The van der Waals surface area contributed by atoms with Crippen molar-refractivity contribution >= 4 is 9.84 Å². The van der Waals surface area contributed by atoms with E-state index in [1.807, 2.05) is 11.6 Å². The summed E-state index contributed by atoms with van der Waals surface area (Å²) in [5.74, 6) is 1.60. The third-order valence-electron chi connectivity index (χ3n) is 4.56. The number of benzene rings is 1. The van der Waals surface area contributed by atoms with Gasteiger partial charge in [-0.05, 0) is 18.9 Å². The first-order valence-corrected chi connectivity index (χ1v) is 10.3. The molecule has 1 atom stereocenters. The lowest BCUT2D eigenvalue weighted by Crippen LogP contribution is -2.13. The second-order valence-corrected chi connectivity index (χ2v) is 8.95. The van der Waals surface area contributed by atoms with E-state index in [9.17, 15) is 8.42 Å². The van der Waals surface area contributed by atoms with Crippen molar-refractivity contribution in [3.63, 3.8) is 0 Å². The van der Waals surface area contributed by atoms with Gasteiger partial charge in [-0.25, -0.2) is 27.7 Å². The van der Waals surface area contributed by atoms with Crippen molar-refractivity contribution < 1.29 is 8.42 Å². The third kappa shape index (κ3) is 3.67. The average molecular weight is 372 g/mol. The van der Waals surface area contributed by atoms with Crippen LogP contribution in [0.1, 0.15) is 35.1 Å². The highest BCUT2D eigenvalue weighted by Crippen LogP contribution is 2.28. The fourth-order valence-corrected chi connectivity index (χ4v) is 4.95. The van der Waals surface area contributed by atoms with Gasteiger partial charge in [0.15, 0.2) is 15.7 Å². The minimum Gasteiger partial charge on any atom is -0.245 e. The summed E-state index contributed by atoms with van der Waals surface area (Å²) < 4.78 is 27.3. The Morgan fingerprint density at radius 1 is 1.19 bits per heavy atom. The van der Waals surface area contributed by atoms with Gasteiger partial charge in [-0.15, -0.1) is 0 Å². The molecule has 1 unspecified atom stereocenters. The van der Waals surface area contributed by atoms with Crippen LogP contribution >= 0.6 is 0 Å². The van der Waals surface area contributed by atoms with E-state index >= 15 is 0 Å². The Morgan fingerprint density at radius 3 is 2.65 bits per heavy atom. The van der Waals surface area contributed by atoms with Gasteiger partial charge in [0.25, 0.3) is 0 Å². The largest absolute Gasteiger partial charge is 0.245 e. The van der Waals surface area contributed by atoms with E-state index < -0.39 is 9.84 Å². The summed E-state index contributed by atoms with van der Waals surface area (Å²) in [7, 11) is -2.99. The van der Waals surface area contributed by atoms with E-state index in [1.54, 1.807) is 11.0 Å². The van der Waals surface area contributed by atoms with Crippen LogP contribution in [0.25, 0.3) is 0 Å². The molecule has 0 radical (unpaired) electrons. The number of aromatic nitrogens is 6. The van der Waals surface area contributed by atoms with Crippen molar-refractivity contribution in [2.75, 3.05) is 11.5 Å². The zero-order chi connectivity index (χ0) is 18.1. The molecular formula is C17H20N6O2S. The molecule has 2 aromatic heterocycles. The Morgan fingerprint density at radius 2 is 2.00 bits per heavy atom. The van der Waals surface area contributed by atoms with E-state index in [4.69, 9.17) is 0 Å². The molecular weight excluding hydrogens is 352 g/mol. The zero-order valence-electron chi connectivity index (χ0n) is 14.5. The molecule has 1 aromatic carbocycles. The van der Waals surface area contributed by atoms with Gasteiger partial charge in [-0.3, -0.25) is 0 Å².